The van der Waals surface area contributed by atoms with Crippen molar-refractivity contribution in [1.82, 2.24) is 9.47 Å². The molecule has 0 N–H and O–H groups in total. The van der Waals surface area contributed by atoms with E-state index in [9.17, 15) is 10.1 Å². The second kappa shape index (κ2) is 8.66. The first-order chi connectivity index (χ1) is 14.3. The zero-order chi connectivity index (χ0) is 20.1. The largest absolute Gasteiger partial charge is 0.492 e. The molecule has 146 valence electrons. The number of nitrogens with zero attached hydrogens (tertiary/aromatic N) is 3. The van der Waals surface area contributed by atoms with Crippen LogP contribution in [0.5, 0.6) is 5.75 Å². The van der Waals surface area contributed by atoms with E-state index in [2.05, 4.69) is 10.6 Å². The molecule has 29 heavy (non-hydrogen) atoms. The number of rotatable bonds is 6. The van der Waals surface area contributed by atoms with Gasteiger partial charge < -0.3 is 14.2 Å². The number of benzene rings is 2. The Balaban J connectivity index is 1.58. The summed E-state index contributed by atoms with van der Waals surface area (Å²) in [6, 6.07) is 19.9. The van der Waals surface area contributed by atoms with Crippen molar-refractivity contribution in [3.05, 3.63) is 71.9 Å². The van der Waals surface area contributed by atoms with E-state index in [1.807, 2.05) is 60.8 Å². The minimum absolute atomic E-state index is 0.172. The Bertz CT molecular complexity index is 1070. The van der Waals surface area contributed by atoms with Gasteiger partial charge in [0.1, 0.15) is 24.0 Å². The van der Waals surface area contributed by atoms with Crippen molar-refractivity contribution >= 4 is 22.9 Å². The van der Waals surface area contributed by atoms with Gasteiger partial charge in [-0.25, -0.2) is 0 Å². The van der Waals surface area contributed by atoms with Gasteiger partial charge in [-0.2, -0.15) is 5.26 Å². The molecular weight excluding hydrogens is 362 g/mol. The van der Waals surface area contributed by atoms with Gasteiger partial charge >= 0.3 is 0 Å². The normalized spacial score (nSPS) is 14.2. The van der Waals surface area contributed by atoms with Gasteiger partial charge in [-0.05, 0) is 37.1 Å². The van der Waals surface area contributed by atoms with Gasteiger partial charge in [-0.15, -0.1) is 0 Å². The lowest BCUT2D eigenvalue weighted by molar-refractivity contribution is -0.125. The van der Waals surface area contributed by atoms with Crippen molar-refractivity contribution in [2.75, 3.05) is 19.7 Å². The number of hydrogen-bond donors (Lipinski definition) is 0. The van der Waals surface area contributed by atoms with Gasteiger partial charge in [0.25, 0.3) is 5.91 Å². The van der Waals surface area contributed by atoms with Crippen molar-refractivity contribution in [3.8, 4) is 11.8 Å². The number of likely N-dealkylation sites (tertiary alicyclic amines) is 1. The molecule has 0 unspecified atom stereocenters. The summed E-state index contributed by atoms with van der Waals surface area (Å²) in [5, 5.41) is 10.6. The number of fused-ring (bicyclic) bond motifs is 1. The van der Waals surface area contributed by atoms with Crippen molar-refractivity contribution in [2.45, 2.75) is 19.4 Å². The van der Waals surface area contributed by atoms with E-state index in [1.54, 1.807) is 11.0 Å². The Hall–Kier alpha value is -3.52. The molecule has 0 spiro atoms. The molecule has 1 saturated heterocycles. The number of hydrogen-bond acceptors (Lipinski definition) is 3. The lowest BCUT2D eigenvalue weighted by atomic mass is 10.1. The second-order valence-corrected chi connectivity index (χ2v) is 7.13. The van der Waals surface area contributed by atoms with Crippen LogP contribution in [0, 0.1) is 11.3 Å². The highest BCUT2D eigenvalue weighted by atomic mass is 16.5. The first-order valence-electron chi connectivity index (χ1n) is 9.93. The maximum Gasteiger partial charge on any atom is 0.264 e. The number of aromatic nitrogens is 1. The van der Waals surface area contributed by atoms with E-state index < -0.39 is 0 Å². The molecule has 0 bridgehead atoms. The van der Waals surface area contributed by atoms with Crippen LogP contribution < -0.4 is 4.74 Å². The third-order valence-electron chi connectivity index (χ3n) is 5.21. The maximum atomic E-state index is 12.7. The summed E-state index contributed by atoms with van der Waals surface area (Å²) in [7, 11) is 0. The maximum absolute atomic E-state index is 12.7. The fourth-order valence-electron chi connectivity index (χ4n) is 3.74. The predicted octanol–water partition coefficient (Wildman–Crippen LogP) is 4.25. The van der Waals surface area contributed by atoms with Gasteiger partial charge in [-0.1, -0.05) is 36.4 Å². The third-order valence-corrected chi connectivity index (χ3v) is 5.21. The quantitative estimate of drug-likeness (QED) is 0.471. The monoisotopic (exact) mass is 385 g/mol. The van der Waals surface area contributed by atoms with Crippen LogP contribution in [0.15, 0.2) is 66.4 Å². The van der Waals surface area contributed by atoms with Crippen LogP contribution in [-0.4, -0.2) is 35.1 Å². The summed E-state index contributed by atoms with van der Waals surface area (Å²) in [5.41, 5.74) is 2.13. The molecule has 0 radical (unpaired) electrons. The Kier molecular flexibility index (Phi) is 5.62. The molecule has 5 heteroatoms. The predicted molar refractivity (Wildman–Crippen MR) is 113 cm³/mol. The molecule has 2 heterocycles. The van der Waals surface area contributed by atoms with Crippen LogP contribution in [-0.2, 0) is 11.3 Å². The Morgan fingerprint density at radius 3 is 2.55 bits per heavy atom. The summed E-state index contributed by atoms with van der Waals surface area (Å²) in [4.78, 5) is 14.4. The molecule has 0 aliphatic carbocycles. The Labute approximate surface area is 170 Å². The minimum atomic E-state index is -0.172. The SMILES string of the molecule is N#C/C(=C/c1cn(CCOc2ccccc2)c2ccccc12)C(=O)N1CCCC1. The highest BCUT2D eigenvalue weighted by Crippen LogP contribution is 2.24. The van der Waals surface area contributed by atoms with Gasteiger partial charge in [-0.3, -0.25) is 4.79 Å². The molecule has 2 aromatic carbocycles. The van der Waals surface area contributed by atoms with Crippen molar-refractivity contribution in [3.63, 3.8) is 0 Å². The fraction of sp³-hybridized carbons (Fsp3) is 0.250. The van der Waals surface area contributed by atoms with Crippen LogP contribution in [0.2, 0.25) is 0 Å². The topological polar surface area (TPSA) is 58.3 Å². The van der Waals surface area contributed by atoms with Crippen molar-refractivity contribution in [1.29, 1.82) is 5.26 Å². The van der Waals surface area contributed by atoms with Gasteiger partial charge in [0.05, 0.1) is 6.54 Å². The average Bonchev–Trinajstić information content (AvgIpc) is 3.41. The molecule has 1 aliphatic heterocycles. The molecule has 1 aromatic heterocycles. The minimum Gasteiger partial charge on any atom is -0.492 e. The van der Waals surface area contributed by atoms with Crippen LogP contribution in [0.4, 0.5) is 0 Å². The number of nitriles is 1. The molecule has 0 atom stereocenters. The van der Waals surface area contributed by atoms with E-state index in [0.29, 0.717) is 13.2 Å². The lowest BCUT2D eigenvalue weighted by Crippen LogP contribution is -2.28. The van der Waals surface area contributed by atoms with E-state index in [4.69, 9.17) is 4.74 Å². The molecule has 3 aromatic rings. The third kappa shape index (κ3) is 4.17. The van der Waals surface area contributed by atoms with Gasteiger partial charge in [0.15, 0.2) is 0 Å². The summed E-state index contributed by atoms with van der Waals surface area (Å²) in [6.07, 6.45) is 5.72. The molecule has 4 rings (SSSR count). The molecule has 1 fully saturated rings. The van der Waals surface area contributed by atoms with Crippen LogP contribution in [0.1, 0.15) is 18.4 Å². The molecule has 5 nitrogen and oxygen atoms in total. The second-order valence-electron chi connectivity index (χ2n) is 7.13. The molecular formula is C24H23N3O2. The summed E-state index contributed by atoms with van der Waals surface area (Å²) in [6.45, 7) is 2.67. The number of ether oxygens (including phenoxy) is 1. The standard InChI is InChI=1S/C24H23N3O2/c25-17-19(24(28)26-12-6-7-13-26)16-20-18-27(23-11-5-4-10-22(20)23)14-15-29-21-8-2-1-3-9-21/h1-5,8-11,16,18H,6-7,12-15H2/b19-16-. The zero-order valence-corrected chi connectivity index (χ0v) is 16.3. The molecule has 0 saturated carbocycles. The zero-order valence-electron chi connectivity index (χ0n) is 16.3. The van der Waals surface area contributed by atoms with Gasteiger partial charge in [0, 0.05) is 35.8 Å². The van der Waals surface area contributed by atoms with Crippen LogP contribution in [0.25, 0.3) is 17.0 Å². The Morgan fingerprint density at radius 2 is 1.79 bits per heavy atom. The number of para-hydroxylation sites is 2. The van der Waals surface area contributed by atoms with Crippen LogP contribution >= 0.6 is 0 Å². The first-order valence-corrected chi connectivity index (χ1v) is 9.93. The van der Waals surface area contributed by atoms with Gasteiger partial charge in [0.2, 0.25) is 0 Å². The van der Waals surface area contributed by atoms with E-state index in [0.717, 1.165) is 48.1 Å². The number of carbonyl (C=O) groups is 1. The average molecular weight is 385 g/mol. The smallest absolute Gasteiger partial charge is 0.264 e. The summed E-state index contributed by atoms with van der Waals surface area (Å²) in [5.74, 6) is 0.668. The number of carbonyl (C=O) groups excluding carboxylic acids is 1. The van der Waals surface area contributed by atoms with Crippen molar-refractivity contribution in [2.24, 2.45) is 0 Å². The van der Waals surface area contributed by atoms with Crippen LogP contribution in [0.3, 0.4) is 0 Å². The summed E-state index contributed by atoms with van der Waals surface area (Å²) >= 11 is 0. The van der Waals surface area contributed by atoms with Crippen molar-refractivity contribution < 1.29 is 9.53 Å². The Morgan fingerprint density at radius 1 is 1.07 bits per heavy atom. The van der Waals surface area contributed by atoms with E-state index in [1.165, 1.54) is 0 Å². The van der Waals surface area contributed by atoms with E-state index in [-0.39, 0.29) is 11.5 Å². The number of amides is 1. The molecule has 1 aliphatic rings. The van der Waals surface area contributed by atoms with E-state index >= 15 is 0 Å². The molecule has 1 amide bonds. The lowest BCUT2D eigenvalue weighted by Gasteiger charge is -2.13. The first kappa shape index (κ1) is 18.8. The highest BCUT2D eigenvalue weighted by molar-refractivity contribution is 6.04. The fourth-order valence-corrected chi connectivity index (χ4v) is 3.74. The highest BCUT2D eigenvalue weighted by Gasteiger charge is 2.22. The summed E-state index contributed by atoms with van der Waals surface area (Å²) < 4.78 is 7.94.